The Balaban J connectivity index is 2.34. The van der Waals surface area contributed by atoms with E-state index in [9.17, 15) is 18.5 Å². The minimum absolute atomic E-state index is 0.125. The lowest BCUT2D eigenvalue weighted by Gasteiger charge is -2.10. The molecule has 2 rings (SSSR count). The molecule has 128 valence electrons. The van der Waals surface area contributed by atoms with E-state index in [2.05, 4.69) is 5.32 Å². The summed E-state index contributed by atoms with van der Waals surface area (Å²) in [4.78, 5) is 10.3. The maximum atomic E-state index is 11.8. The van der Waals surface area contributed by atoms with Crippen molar-refractivity contribution in [1.82, 2.24) is 0 Å². The summed E-state index contributed by atoms with van der Waals surface area (Å²) in [6.07, 6.45) is 0.946. The second kappa shape index (κ2) is 7.41. The Morgan fingerprint density at radius 2 is 1.83 bits per heavy atom. The minimum atomic E-state index is -3.71. The number of rotatable bonds is 7. The van der Waals surface area contributed by atoms with Gasteiger partial charge in [-0.15, -0.1) is 0 Å². The first kappa shape index (κ1) is 17.9. The van der Waals surface area contributed by atoms with Crippen molar-refractivity contribution in [3.05, 3.63) is 58.1 Å². The molecule has 0 saturated carbocycles. The molecule has 0 aromatic heterocycles. The van der Waals surface area contributed by atoms with E-state index >= 15 is 0 Å². The van der Waals surface area contributed by atoms with Gasteiger partial charge in [0.15, 0.2) is 9.84 Å². The highest BCUT2D eigenvalue weighted by atomic mass is 32.2. The second-order valence-corrected chi connectivity index (χ2v) is 7.12. The standard InChI is InChI=1S/C16H18N2O5S/c1-3-23-11-12-7-9-13(10-8-12)17-14-5-4-6-15(24(2,21)22)16(14)18(19)20/h4-10,17H,3,11H2,1-2H3. The molecule has 0 aliphatic heterocycles. The fourth-order valence-corrected chi connectivity index (χ4v) is 3.03. The van der Waals surface area contributed by atoms with Crippen LogP contribution < -0.4 is 5.32 Å². The fourth-order valence-electron chi connectivity index (χ4n) is 2.17. The number of nitrogens with one attached hydrogen (secondary N) is 1. The summed E-state index contributed by atoms with van der Waals surface area (Å²) in [6.45, 7) is 3.01. The second-order valence-electron chi connectivity index (χ2n) is 5.14. The number of benzene rings is 2. The molecule has 0 heterocycles. The van der Waals surface area contributed by atoms with Gasteiger partial charge in [-0.05, 0) is 36.8 Å². The number of sulfone groups is 1. The zero-order valence-corrected chi connectivity index (χ0v) is 14.2. The summed E-state index contributed by atoms with van der Waals surface area (Å²) >= 11 is 0. The molecule has 0 fully saturated rings. The van der Waals surface area contributed by atoms with Gasteiger partial charge in [0.25, 0.3) is 0 Å². The Morgan fingerprint density at radius 3 is 2.38 bits per heavy atom. The largest absolute Gasteiger partial charge is 0.377 e. The highest BCUT2D eigenvalue weighted by Gasteiger charge is 2.26. The van der Waals surface area contributed by atoms with E-state index in [0.29, 0.717) is 18.9 Å². The molecule has 2 aromatic rings. The number of ether oxygens (including phenoxy) is 1. The molecule has 0 amide bonds. The predicted molar refractivity (Wildman–Crippen MR) is 91.3 cm³/mol. The Morgan fingerprint density at radius 1 is 1.17 bits per heavy atom. The average Bonchev–Trinajstić information content (AvgIpc) is 2.53. The van der Waals surface area contributed by atoms with Crippen molar-refractivity contribution in [2.75, 3.05) is 18.2 Å². The van der Waals surface area contributed by atoms with Gasteiger partial charge in [0.1, 0.15) is 10.6 Å². The number of nitro groups is 1. The van der Waals surface area contributed by atoms with Gasteiger partial charge in [-0.1, -0.05) is 18.2 Å². The van der Waals surface area contributed by atoms with Crippen LogP contribution in [-0.2, 0) is 21.2 Å². The highest BCUT2D eigenvalue weighted by Crippen LogP contribution is 2.33. The summed E-state index contributed by atoms with van der Waals surface area (Å²) < 4.78 is 28.8. The Labute approximate surface area is 140 Å². The third kappa shape index (κ3) is 4.30. The molecule has 0 bridgehead atoms. The first-order valence-electron chi connectivity index (χ1n) is 7.24. The number of nitrogens with zero attached hydrogens (tertiary/aromatic N) is 1. The smallest absolute Gasteiger partial charge is 0.311 e. The molecule has 0 saturated heterocycles. The lowest BCUT2D eigenvalue weighted by Crippen LogP contribution is -2.05. The maximum absolute atomic E-state index is 11.8. The molecule has 8 heteroatoms. The van der Waals surface area contributed by atoms with Crippen molar-refractivity contribution in [2.24, 2.45) is 0 Å². The van der Waals surface area contributed by atoms with Crippen LogP contribution in [0.4, 0.5) is 17.1 Å². The first-order chi connectivity index (χ1) is 11.3. The number of anilines is 2. The molecular formula is C16H18N2O5S. The van der Waals surface area contributed by atoms with Crippen molar-refractivity contribution in [2.45, 2.75) is 18.4 Å². The van der Waals surface area contributed by atoms with Gasteiger partial charge in [-0.25, -0.2) is 8.42 Å². The van der Waals surface area contributed by atoms with Gasteiger partial charge in [-0.3, -0.25) is 10.1 Å². The van der Waals surface area contributed by atoms with E-state index in [1.165, 1.54) is 18.2 Å². The van der Waals surface area contributed by atoms with Crippen LogP contribution in [0.25, 0.3) is 0 Å². The van der Waals surface area contributed by atoms with Gasteiger partial charge in [0.05, 0.1) is 11.5 Å². The van der Waals surface area contributed by atoms with Crippen LogP contribution >= 0.6 is 0 Å². The van der Waals surface area contributed by atoms with E-state index in [-0.39, 0.29) is 10.6 Å². The third-order valence-corrected chi connectivity index (χ3v) is 4.42. The van der Waals surface area contributed by atoms with Crippen LogP contribution in [0, 0.1) is 10.1 Å². The van der Waals surface area contributed by atoms with Crippen LogP contribution in [0.2, 0.25) is 0 Å². The Bertz CT molecular complexity index is 832. The highest BCUT2D eigenvalue weighted by molar-refractivity contribution is 7.90. The van der Waals surface area contributed by atoms with Crippen molar-refractivity contribution in [1.29, 1.82) is 0 Å². The van der Waals surface area contributed by atoms with Gasteiger partial charge >= 0.3 is 5.69 Å². The van der Waals surface area contributed by atoms with Crippen LogP contribution in [0.3, 0.4) is 0 Å². The van der Waals surface area contributed by atoms with Crippen LogP contribution in [0.15, 0.2) is 47.4 Å². The summed E-state index contributed by atoms with van der Waals surface area (Å²) in [5.74, 6) is 0. The Kier molecular flexibility index (Phi) is 5.53. The lowest BCUT2D eigenvalue weighted by atomic mass is 10.2. The summed E-state index contributed by atoms with van der Waals surface area (Å²) in [6, 6.07) is 11.4. The monoisotopic (exact) mass is 350 g/mol. The molecule has 0 atom stereocenters. The van der Waals surface area contributed by atoms with Crippen LogP contribution in [0.1, 0.15) is 12.5 Å². The molecule has 2 aromatic carbocycles. The summed E-state index contributed by atoms with van der Waals surface area (Å²) in [7, 11) is -3.71. The molecule has 0 aliphatic rings. The number of nitro benzene ring substituents is 1. The predicted octanol–water partition coefficient (Wildman–Crippen LogP) is 3.28. The third-order valence-electron chi connectivity index (χ3n) is 3.29. The van der Waals surface area contributed by atoms with Gasteiger partial charge in [-0.2, -0.15) is 0 Å². The van der Waals surface area contributed by atoms with E-state index in [1.807, 2.05) is 19.1 Å². The molecule has 0 spiro atoms. The molecule has 0 unspecified atom stereocenters. The number of para-hydroxylation sites is 1. The molecule has 24 heavy (non-hydrogen) atoms. The van der Waals surface area contributed by atoms with Crippen LogP contribution in [0.5, 0.6) is 0 Å². The lowest BCUT2D eigenvalue weighted by molar-refractivity contribution is -0.386. The normalized spacial score (nSPS) is 11.2. The van der Waals surface area contributed by atoms with Crippen molar-refractivity contribution >= 4 is 26.9 Å². The zero-order chi connectivity index (χ0) is 17.7. The van der Waals surface area contributed by atoms with E-state index < -0.39 is 20.4 Å². The molecule has 1 N–H and O–H groups in total. The summed E-state index contributed by atoms with van der Waals surface area (Å²) in [5, 5.41) is 14.2. The van der Waals surface area contributed by atoms with Crippen molar-refractivity contribution in [3.8, 4) is 0 Å². The molecule has 7 nitrogen and oxygen atoms in total. The topological polar surface area (TPSA) is 98.5 Å². The fraction of sp³-hybridized carbons (Fsp3) is 0.250. The van der Waals surface area contributed by atoms with Gasteiger partial charge in [0, 0.05) is 18.6 Å². The molecular weight excluding hydrogens is 332 g/mol. The van der Waals surface area contributed by atoms with E-state index in [0.717, 1.165) is 11.8 Å². The Hall–Kier alpha value is -2.45. The van der Waals surface area contributed by atoms with Gasteiger partial charge in [0.2, 0.25) is 0 Å². The maximum Gasteiger partial charge on any atom is 0.311 e. The first-order valence-corrected chi connectivity index (χ1v) is 9.13. The SMILES string of the molecule is CCOCc1ccc(Nc2cccc(S(C)(=O)=O)c2[N+](=O)[O-])cc1. The molecule has 0 radical (unpaired) electrons. The molecule has 0 aliphatic carbocycles. The zero-order valence-electron chi connectivity index (χ0n) is 13.4. The summed E-state index contributed by atoms with van der Waals surface area (Å²) in [5.41, 5.74) is 1.25. The van der Waals surface area contributed by atoms with Gasteiger partial charge < -0.3 is 10.1 Å². The number of hydrogen-bond acceptors (Lipinski definition) is 6. The van der Waals surface area contributed by atoms with Crippen molar-refractivity contribution < 1.29 is 18.1 Å². The average molecular weight is 350 g/mol. The quantitative estimate of drug-likeness (QED) is 0.608. The van der Waals surface area contributed by atoms with E-state index in [1.54, 1.807) is 12.1 Å². The number of hydrogen-bond donors (Lipinski definition) is 1. The van der Waals surface area contributed by atoms with Crippen molar-refractivity contribution in [3.63, 3.8) is 0 Å². The van der Waals surface area contributed by atoms with Crippen LogP contribution in [-0.4, -0.2) is 26.2 Å². The van der Waals surface area contributed by atoms with E-state index in [4.69, 9.17) is 4.74 Å². The minimum Gasteiger partial charge on any atom is -0.377 e.